The Labute approximate surface area is 162 Å². The third-order valence-electron chi connectivity index (χ3n) is 4.25. The van der Waals surface area contributed by atoms with Crippen molar-refractivity contribution in [2.75, 3.05) is 31.8 Å². The number of rotatable bonds is 12. The molecule has 6 nitrogen and oxygen atoms in total. The van der Waals surface area contributed by atoms with E-state index in [0.717, 1.165) is 12.8 Å². The molecule has 0 unspecified atom stereocenters. The van der Waals surface area contributed by atoms with E-state index in [1.54, 1.807) is 44.1 Å². The van der Waals surface area contributed by atoms with Crippen LogP contribution in [-0.4, -0.2) is 44.3 Å². The van der Waals surface area contributed by atoms with Crippen molar-refractivity contribution >= 4 is 17.6 Å². The van der Waals surface area contributed by atoms with Gasteiger partial charge >= 0.3 is 11.9 Å². The maximum Gasteiger partial charge on any atom is 0.344 e. The number of unbranched alkanes of at least 4 members (excludes halogenated alkanes) is 1. The van der Waals surface area contributed by atoms with Gasteiger partial charge in [-0.15, -0.1) is 6.58 Å². The van der Waals surface area contributed by atoms with Crippen LogP contribution in [0.5, 0.6) is 5.75 Å². The van der Waals surface area contributed by atoms with Gasteiger partial charge in [0, 0.05) is 18.7 Å². The zero-order valence-electron chi connectivity index (χ0n) is 16.8. The predicted octanol–water partition coefficient (Wildman–Crippen LogP) is 3.74. The Hall–Kier alpha value is -2.50. The monoisotopic (exact) mass is 377 g/mol. The van der Waals surface area contributed by atoms with E-state index in [9.17, 15) is 9.59 Å². The zero-order chi connectivity index (χ0) is 20.3. The van der Waals surface area contributed by atoms with Crippen molar-refractivity contribution in [2.24, 2.45) is 0 Å². The summed E-state index contributed by atoms with van der Waals surface area (Å²) in [6, 6.07) is 7.24. The van der Waals surface area contributed by atoms with Crippen molar-refractivity contribution in [3.05, 3.63) is 36.9 Å². The van der Waals surface area contributed by atoms with E-state index in [2.05, 4.69) is 13.5 Å². The molecule has 0 atom stereocenters. The van der Waals surface area contributed by atoms with Gasteiger partial charge in [0.15, 0.2) is 0 Å². The van der Waals surface area contributed by atoms with Crippen molar-refractivity contribution in [3.8, 4) is 5.75 Å². The largest absolute Gasteiger partial charge is 0.497 e. The molecule has 6 heteroatoms. The number of ether oxygens (including phenoxy) is 3. The highest BCUT2D eigenvalue weighted by Gasteiger charge is 2.53. The molecule has 0 bridgehead atoms. The second kappa shape index (κ2) is 11.3. The van der Waals surface area contributed by atoms with Crippen molar-refractivity contribution in [1.82, 2.24) is 0 Å². The van der Waals surface area contributed by atoms with Gasteiger partial charge in [0.1, 0.15) is 5.75 Å². The Morgan fingerprint density at radius 1 is 1.07 bits per heavy atom. The van der Waals surface area contributed by atoms with E-state index >= 15 is 0 Å². The smallest absolute Gasteiger partial charge is 0.344 e. The molecule has 0 heterocycles. The van der Waals surface area contributed by atoms with E-state index in [4.69, 9.17) is 14.2 Å². The SMILES string of the molecule is C=CCC(C(=O)OCC)(C(=O)OCC)N(CCCC)c1ccc(OC)cc1. The van der Waals surface area contributed by atoms with Crippen LogP contribution in [0, 0.1) is 0 Å². The van der Waals surface area contributed by atoms with E-state index < -0.39 is 17.5 Å². The number of hydrogen-bond donors (Lipinski definition) is 0. The van der Waals surface area contributed by atoms with Crippen LogP contribution in [0.15, 0.2) is 36.9 Å². The molecular weight excluding hydrogens is 346 g/mol. The number of methoxy groups -OCH3 is 1. The third-order valence-corrected chi connectivity index (χ3v) is 4.25. The van der Waals surface area contributed by atoms with Crippen LogP contribution in [-0.2, 0) is 19.1 Å². The minimum absolute atomic E-state index is 0.0837. The third kappa shape index (κ3) is 5.25. The first-order chi connectivity index (χ1) is 13.0. The lowest BCUT2D eigenvalue weighted by Crippen LogP contribution is -2.62. The van der Waals surface area contributed by atoms with Gasteiger partial charge < -0.3 is 19.1 Å². The minimum Gasteiger partial charge on any atom is -0.497 e. The number of esters is 2. The highest BCUT2D eigenvalue weighted by Crippen LogP contribution is 2.32. The number of carbonyl (C=O) groups is 2. The molecule has 0 aromatic heterocycles. The first kappa shape index (κ1) is 22.5. The molecule has 0 amide bonds. The van der Waals surface area contributed by atoms with Crippen LogP contribution >= 0.6 is 0 Å². The maximum absolute atomic E-state index is 13.0. The molecular formula is C21H31NO5. The summed E-state index contributed by atoms with van der Waals surface area (Å²) in [6.07, 6.45) is 3.34. The maximum atomic E-state index is 13.0. The summed E-state index contributed by atoms with van der Waals surface area (Å²) in [5.74, 6) is -0.568. The summed E-state index contributed by atoms with van der Waals surface area (Å²) in [5.41, 5.74) is -0.899. The molecule has 0 saturated carbocycles. The molecule has 0 fully saturated rings. The van der Waals surface area contributed by atoms with Gasteiger partial charge in [0.05, 0.1) is 20.3 Å². The van der Waals surface area contributed by atoms with Crippen LogP contribution in [0.2, 0.25) is 0 Å². The summed E-state index contributed by atoms with van der Waals surface area (Å²) < 4.78 is 15.8. The molecule has 0 aliphatic heterocycles. The Balaban J connectivity index is 3.55. The summed E-state index contributed by atoms with van der Waals surface area (Å²) in [7, 11) is 1.59. The van der Waals surface area contributed by atoms with Crippen molar-refractivity contribution in [2.45, 2.75) is 45.6 Å². The molecule has 0 aliphatic rings. The number of hydrogen-bond acceptors (Lipinski definition) is 6. The van der Waals surface area contributed by atoms with Gasteiger partial charge in [-0.3, -0.25) is 0 Å². The van der Waals surface area contributed by atoms with E-state index in [0.29, 0.717) is 18.0 Å². The van der Waals surface area contributed by atoms with Crippen LogP contribution < -0.4 is 9.64 Å². The van der Waals surface area contributed by atoms with Gasteiger partial charge in [0.2, 0.25) is 5.54 Å². The van der Waals surface area contributed by atoms with Crippen LogP contribution in [0.3, 0.4) is 0 Å². The molecule has 1 aromatic carbocycles. The van der Waals surface area contributed by atoms with Gasteiger partial charge in [-0.05, 0) is 44.5 Å². The summed E-state index contributed by atoms with van der Waals surface area (Å²) in [4.78, 5) is 27.8. The minimum atomic E-state index is -1.61. The highest BCUT2D eigenvalue weighted by atomic mass is 16.6. The lowest BCUT2D eigenvalue weighted by Gasteiger charge is -2.40. The predicted molar refractivity (Wildman–Crippen MR) is 106 cm³/mol. The van der Waals surface area contributed by atoms with Gasteiger partial charge in [-0.1, -0.05) is 19.4 Å². The number of nitrogens with zero attached hydrogens (tertiary/aromatic N) is 1. The van der Waals surface area contributed by atoms with E-state index in [1.807, 2.05) is 12.1 Å². The summed E-state index contributed by atoms with van der Waals surface area (Å²) in [6.45, 7) is 10.1. The Morgan fingerprint density at radius 2 is 1.63 bits per heavy atom. The fourth-order valence-corrected chi connectivity index (χ4v) is 2.91. The average molecular weight is 377 g/mol. The van der Waals surface area contributed by atoms with Crippen LogP contribution in [0.4, 0.5) is 5.69 Å². The molecule has 1 rings (SSSR count). The summed E-state index contributed by atoms with van der Waals surface area (Å²) >= 11 is 0. The Kier molecular flexibility index (Phi) is 9.40. The van der Waals surface area contributed by atoms with E-state index in [-0.39, 0.29) is 19.6 Å². The fourth-order valence-electron chi connectivity index (χ4n) is 2.91. The Morgan fingerprint density at radius 3 is 2.04 bits per heavy atom. The molecule has 0 aliphatic carbocycles. The number of anilines is 1. The second-order valence-corrected chi connectivity index (χ2v) is 6.00. The lowest BCUT2D eigenvalue weighted by molar-refractivity contribution is -0.164. The molecule has 150 valence electrons. The van der Waals surface area contributed by atoms with E-state index in [1.165, 1.54) is 0 Å². The molecule has 0 saturated heterocycles. The van der Waals surface area contributed by atoms with Crippen molar-refractivity contribution in [1.29, 1.82) is 0 Å². The van der Waals surface area contributed by atoms with Gasteiger partial charge in [-0.2, -0.15) is 0 Å². The van der Waals surface area contributed by atoms with Crippen LogP contribution in [0.1, 0.15) is 40.0 Å². The lowest BCUT2D eigenvalue weighted by atomic mass is 9.91. The molecule has 27 heavy (non-hydrogen) atoms. The number of benzene rings is 1. The first-order valence-corrected chi connectivity index (χ1v) is 9.38. The second-order valence-electron chi connectivity index (χ2n) is 6.00. The Bertz CT molecular complexity index is 594. The molecule has 0 spiro atoms. The topological polar surface area (TPSA) is 65.1 Å². The highest BCUT2D eigenvalue weighted by molar-refractivity contribution is 6.08. The van der Waals surface area contributed by atoms with Crippen LogP contribution in [0.25, 0.3) is 0 Å². The standard InChI is InChI=1S/C21H31NO5/c1-6-10-16-22(17-11-13-18(25-5)14-12-17)21(15-7-2,19(23)26-8-3)20(24)27-9-4/h7,11-14H,2,6,8-10,15-16H2,1,3-5H3. The van der Waals surface area contributed by atoms with Gasteiger partial charge in [0.25, 0.3) is 0 Å². The quantitative estimate of drug-likeness (QED) is 0.314. The fraction of sp³-hybridized carbons (Fsp3) is 0.524. The average Bonchev–Trinajstić information content (AvgIpc) is 2.68. The van der Waals surface area contributed by atoms with Crippen molar-refractivity contribution in [3.63, 3.8) is 0 Å². The molecule has 0 radical (unpaired) electrons. The molecule has 1 aromatic rings. The van der Waals surface area contributed by atoms with Crippen molar-refractivity contribution < 1.29 is 23.8 Å². The number of carbonyl (C=O) groups excluding carboxylic acids is 2. The first-order valence-electron chi connectivity index (χ1n) is 9.38. The molecule has 0 N–H and O–H groups in total. The zero-order valence-corrected chi connectivity index (χ0v) is 16.8. The summed E-state index contributed by atoms with van der Waals surface area (Å²) in [5, 5.41) is 0. The van der Waals surface area contributed by atoms with Gasteiger partial charge in [-0.25, -0.2) is 9.59 Å². The normalized spacial score (nSPS) is 10.8.